The van der Waals surface area contributed by atoms with Crippen LogP contribution in [-0.2, 0) is 29.3 Å². The molecule has 27 heavy (non-hydrogen) atoms. The number of Topliss-reactive ketones (excluding diaryl/α,β-unsaturated/α-hetero) is 1. The van der Waals surface area contributed by atoms with Gasteiger partial charge in [0.25, 0.3) is 0 Å². The number of ether oxygens (including phenoxy) is 2. The van der Waals surface area contributed by atoms with E-state index < -0.39 is 28.7 Å². The number of fused-ring (bicyclic) bond motifs is 2. The molecular formula is C20H22N2O5. The molecule has 0 saturated carbocycles. The number of nitrogens with two attached hydrogens (primary N) is 1. The first kappa shape index (κ1) is 18.7. The molecule has 1 aromatic carbocycles. The fraction of sp³-hybridized carbons (Fsp3) is 0.350. The standard InChI is InChI=1S/C20H22N2O5/c1-10(23)14-11(2)26-16(21)15(17(24)27-19(3,4)5)20(14)12-8-6-7-9-13(12)22-18(20)25/h6-9H,21H2,1-5H3,(H,22,25)/t20-/m1/s1. The van der Waals surface area contributed by atoms with E-state index >= 15 is 0 Å². The van der Waals surface area contributed by atoms with E-state index in [9.17, 15) is 14.4 Å². The normalized spacial score (nSPS) is 21.7. The summed E-state index contributed by atoms with van der Waals surface area (Å²) in [4.78, 5) is 38.9. The van der Waals surface area contributed by atoms with Crippen LogP contribution in [0.1, 0.15) is 40.2 Å². The van der Waals surface area contributed by atoms with Crippen LogP contribution in [-0.4, -0.2) is 23.3 Å². The van der Waals surface area contributed by atoms with Crippen LogP contribution >= 0.6 is 0 Å². The second-order valence-corrected chi connectivity index (χ2v) is 7.58. The molecule has 0 fully saturated rings. The number of ketones is 1. The Bertz CT molecular complexity index is 936. The molecule has 7 heteroatoms. The first-order chi connectivity index (χ1) is 12.5. The number of carbonyl (C=O) groups excluding carboxylic acids is 3. The third kappa shape index (κ3) is 2.70. The van der Waals surface area contributed by atoms with Crippen molar-refractivity contribution < 1.29 is 23.9 Å². The Morgan fingerprint density at radius 3 is 2.41 bits per heavy atom. The van der Waals surface area contributed by atoms with Gasteiger partial charge in [-0.15, -0.1) is 0 Å². The molecule has 7 nitrogen and oxygen atoms in total. The number of hydrogen-bond acceptors (Lipinski definition) is 6. The number of nitrogens with one attached hydrogen (secondary N) is 1. The van der Waals surface area contributed by atoms with Gasteiger partial charge in [-0.05, 0) is 40.7 Å². The minimum atomic E-state index is -1.71. The molecule has 3 rings (SSSR count). The number of benzene rings is 1. The Hall–Kier alpha value is -3.09. The fourth-order valence-electron chi connectivity index (χ4n) is 3.69. The van der Waals surface area contributed by atoms with Crippen molar-refractivity contribution in [3.63, 3.8) is 0 Å². The lowest BCUT2D eigenvalue weighted by atomic mass is 9.66. The van der Waals surface area contributed by atoms with E-state index in [4.69, 9.17) is 15.2 Å². The molecule has 0 radical (unpaired) electrons. The van der Waals surface area contributed by atoms with Gasteiger partial charge in [-0.1, -0.05) is 18.2 Å². The molecule has 0 bridgehead atoms. The van der Waals surface area contributed by atoms with E-state index in [0.717, 1.165) is 0 Å². The number of anilines is 1. The molecule has 1 amide bonds. The van der Waals surface area contributed by atoms with E-state index in [0.29, 0.717) is 11.3 Å². The Morgan fingerprint density at radius 2 is 1.81 bits per heavy atom. The summed E-state index contributed by atoms with van der Waals surface area (Å²) in [5.41, 5.74) is 4.37. The summed E-state index contributed by atoms with van der Waals surface area (Å²) in [5.74, 6) is -1.82. The van der Waals surface area contributed by atoms with Crippen molar-refractivity contribution in [1.29, 1.82) is 0 Å². The van der Waals surface area contributed by atoms with Gasteiger partial charge in [0.1, 0.15) is 22.3 Å². The molecule has 1 aromatic rings. The highest BCUT2D eigenvalue weighted by Gasteiger charge is 2.60. The Labute approximate surface area is 157 Å². The van der Waals surface area contributed by atoms with Gasteiger partial charge in [0.15, 0.2) is 5.78 Å². The average molecular weight is 370 g/mol. The molecule has 1 atom stereocenters. The molecular weight excluding hydrogens is 348 g/mol. The van der Waals surface area contributed by atoms with Crippen LogP contribution in [0.25, 0.3) is 0 Å². The lowest BCUT2D eigenvalue weighted by Gasteiger charge is -2.36. The maximum atomic E-state index is 13.2. The number of esters is 1. The van der Waals surface area contributed by atoms with Crippen LogP contribution in [0.15, 0.2) is 47.1 Å². The first-order valence-corrected chi connectivity index (χ1v) is 8.54. The summed E-state index contributed by atoms with van der Waals surface area (Å²) in [7, 11) is 0. The van der Waals surface area contributed by atoms with Gasteiger partial charge in [0.05, 0.1) is 5.57 Å². The maximum absolute atomic E-state index is 13.2. The van der Waals surface area contributed by atoms with Crippen molar-refractivity contribution in [3.8, 4) is 0 Å². The number of rotatable bonds is 2. The summed E-state index contributed by atoms with van der Waals surface area (Å²) in [6, 6.07) is 6.87. The average Bonchev–Trinajstić information content (AvgIpc) is 2.78. The predicted octanol–water partition coefficient (Wildman–Crippen LogP) is 2.28. The zero-order valence-corrected chi connectivity index (χ0v) is 15.9. The van der Waals surface area contributed by atoms with Gasteiger partial charge in [-0.2, -0.15) is 0 Å². The first-order valence-electron chi connectivity index (χ1n) is 8.54. The summed E-state index contributed by atoms with van der Waals surface area (Å²) in [5, 5.41) is 2.75. The van der Waals surface area contributed by atoms with E-state index in [1.165, 1.54) is 6.92 Å². The van der Waals surface area contributed by atoms with Crippen LogP contribution in [0.5, 0.6) is 0 Å². The number of para-hydroxylation sites is 1. The van der Waals surface area contributed by atoms with Gasteiger partial charge in [-0.25, -0.2) is 4.79 Å². The van der Waals surface area contributed by atoms with Crippen molar-refractivity contribution in [3.05, 3.63) is 52.6 Å². The van der Waals surface area contributed by atoms with E-state index in [-0.39, 0.29) is 22.8 Å². The van der Waals surface area contributed by atoms with Gasteiger partial charge in [-0.3, -0.25) is 9.59 Å². The smallest absolute Gasteiger partial charge is 0.341 e. The third-order valence-corrected chi connectivity index (χ3v) is 4.49. The molecule has 0 unspecified atom stereocenters. The van der Waals surface area contributed by atoms with Crippen molar-refractivity contribution in [1.82, 2.24) is 0 Å². The summed E-state index contributed by atoms with van der Waals surface area (Å²) in [6.07, 6.45) is 0. The zero-order chi connectivity index (χ0) is 20.1. The fourth-order valence-corrected chi connectivity index (χ4v) is 3.69. The SMILES string of the molecule is CC(=O)C1=C(C)OC(N)=C(C(=O)OC(C)(C)C)[C@]12C(=O)Nc1ccccc12. The van der Waals surface area contributed by atoms with E-state index in [1.54, 1.807) is 52.0 Å². The minimum Gasteiger partial charge on any atom is -0.456 e. The number of hydrogen-bond donors (Lipinski definition) is 2. The van der Waals surface area contributed by atoms with Crippen molar-refractivity contribution in [2.45, 2.75) is 45.6 Å². The molecule has 1 spiro atoms. The van der Waals surface area contributed by atoms with E-state index in [1.807, 2.05) is 0 Å². The van der Waals surface area contributed by atoms with Gasteiger partial charge in [0, 0.05) is 11.3 Å². The van der Waals surface area contributed by atoms with Crippen molar-refractivity contribution in [2.75, 3.05) is 5.32 Å². The molecule has 2 heterocycles. The third-order valence-electron chi connectivity index (χ3n) is 4.49. The van der Waals surface area contributed by atoms with Gasteiger partial charge >= 0.3 is 5.97 Å². The molecule has 142 valence electrons. The van der Waals surface area contributed by atoms with Crippen LogP contribution in [0.4, 0.5) is 5.69 Å². The monoisotopic (exact) mass is 370 g/mol. The van der Waals surface area contributed by atoms with Crippen LogP contribution in [0, 0.1) is 0 Å². The second-order valence-electron chi connectivity index (χ2n) is 7.58. The predicted molar refractivity (Wildman–Crippen MR) is 98.3 cm³/mol. The summed E-state index contributed by atoms with van der Waals surface area (Å²) < 4.78 is 11.0. The van der Waals surface area contributed by atoms with E-state index in [2.05, 4.69) is 5.32 Å². The molecule has 0 aliphatic carbocycles. The molecule has 0 aromatic heterocycles. The Balaban J connectivity index is 2.36. The van der Waals surface area contributed by atoms with Crippen molar-refractivity contribution in [2.24, 2.45) is 5.73 Å². The molecule has 2 aliphatic rings. The number of allylic oxidation sites excluding steroid dienone is 1. The second kappa shape index (κ2) is 5.97. The van der Waals surface area contributed by atoms with Crippen LogP contribution in [0.2, 0.25) is 0 Å². The topological polar surface area (TPSA) is 108 Å². The largest absolute Gasteiger partial charge is 0.456 e. The lowest BCUT2D eigenvalue weighted by Crippen LogP contribution is -2.48. The molecule has 0 saturated heterocycles. The van der Waals surface area contributed by atoms with Crippen molar-refractivity contribution >= 4 is 23.3 Å². The van der Waals surface area contributed by atoms with Gasteiger partial charge < -0.3 is 20.5 Å². The van der Waals surface area contributed by atoms with Gasteiger partial charge in [0.2, 0.25) is 11.8 Å². The molecule has 3 N–H and O–H groups in total. The lowest BCUT2D eigenvalue weighted by molar-refractivity contribution is -0.151. The quantitative estimate of drug-likeness (QED) is 0.774. The summed E-state index contributed by atoms with van der Waals surface area (Å²) >= 11 is 0. The Kier molecular flexibility index (Phi) is 4.14. The highest BCUT2D eigenvalue weighted by molar-refractivity contribution is 6.22. The zero-order valence-electron chi connectivity index (χ0n) is 15.9. The maximum Gasteiger partial charge on any atom is 0.341 e. The minimum absolute atomic E-state index is 0.0695. The Morgan fingerprint density at radius 1 is 1.19 bits per heavy atom. The highest BCUT2D eigenvalue weighted by atomic mass is 16.6. The van der Waals surface area contributed by atoms with Crippen LogP contribution in [0.3, 0.4) is 0 Å². The summed E-state index contributed by atoms with van der Waals surface area (Å²) in [6.45, 7) is 7.98. The highest BCUT2D eigenvalue weighted by Crippen LogP contribution is 2.52. The van der Waals surface area contributed by atoms with Crippen LogP contribution < -0.4 is 11.1 Å². The molecule has 2 aliphatic heterocycles. The number of carbonyl (C=O) groups is 3. The number of amides is 1.